The highest BCUT2D eigenvalue weighted by Crippen LogP contribution is 2.32. The van der Waals surface area contributed by atoms with Crippen molar-refractivity contribution in [1.29, 1.82) is 0 Å². The van der Waals surface area contributed by atoms with E-state index >= 15 is 0 Å². The van der Waals surface area contributed by atoms with Gasteiger partial charge in [0.25, 0.3) is 0 Å². The smallest absolute Gasteiger partial charge is 0.119 e. The zero-order valence-electron chi connectivity index (χ0n) is 10.0. The first-order valence-electron chi connectivity index (χ1n) is 5.70. The van der Waals surface area contributed by atoms with Gasteiger partial charge < -0.3 is 4.74 Å². The van der Waals surface area contributed by atoms with E-state index in [0.717, 1.165) is 21.9 Å². The van der Waals surface area contributed by atoms with Crippen LogP contribution in [0.25, 0.3) is 11.1 Å². The van der Waals surface area contributed by atoms with Crippen LogP contribution in [0.4, 0.5) is 0 Å². The standard InChI is InChI=1S/C15H15ClO/c1-3-17-13-8-5-7-12(10-13)15-11(2)6-4-9-14(15)16/h4-10H,3H2,1-2H3. The number of aryl methyl sites for hydroxylation is 1. The number of ether oxygens (including phenoxy) is 1. The van der Waals surface area contributed by atoms with Crippen molar-refractivity contribution in [2.45, 2.75) is 13.8 Å². The van der Waals surface area contributed by atoms with Gasteiger partial charge in [-0.05, 0) is 43.2 Å². The van der Waals surface area contributed by atoms with Crippen LogP contribution in [0, 0.1) is 6.92 Å². The minimum atomic E-state index is 0.672. The second-order valence-electron chi connectivity index (χ2n) is 3.89. The molecule has 0 N–H and O–H groups in total. The molecule has 0 atom stereocenters. The monoisotopic (exact) mass is 246 g/mol. The van der Waals surface area contributed by atoms with Crippen LogP contribution in [0.15, 0.2) is 42.5 Å². The highest BCUT2D eigenvalue weighted by molar-refractivity contribution is 6.33. The van der Waals surface area contributed by atoms with Gasteiger partial charge in [0.05, 0.1) is 6.61 Å². The molecule has 1 nitrogen and oxygen atoms in total. The molecule has 0 radical (unpaired) electrons. The van der Waals surface area contributed by atoms with Gasteiger partial charge in [0.15, 0.2) is 0 Å². The third kappa shape index (κ3) is 2.62. The normalized spacial score (nSPS) is 10.3. The number of hydrogen-bond donors (Lipinski definition) is 0. The van der Waals surface area contributed by atoms with Gasteiger partial charge in [-0.2, -0.15) is 0 Å². The number of benzene rings is 2. The molecule has 88 valence electrons. The molecular weight excluding hydrogens is 232 g/mol. The molecule has 2 heteroatoms. The lowest BCUT2D eigenvalue weighted by Gasteiger charge is -2.10. The molecule has 0 aliphatic heterocycles. The van der Waals surface area contributed by atoms with E-state index in [2.05, 4.69) is 19.1 Å². The minimum Gasteiger partial charge on any atom is -0.494 e. The molecule has 0 spiro atoms. The highest BCUT2D eigenvalue weighted by atomic mass is 35.5. The van der Waals surface area contributed by atoms with Crippen LogP contribution in [-0.2, 0) is 0 Å². The van der Waals surface area contributed by atoms with Crippen LogP contribution in [0.1, 0.15) is 12.5 Å². The minimum absolute atomic E-state index is 0.672. The Bertz CT molecular complexity index is 500. The topological polar surface area (TPSA) is 9.23 Å². The Labute approximate surface area is 107 Å². The summed E-state index contributed by atoms with van der Waals surface area (Å²) in [5.41, 5.74) is 3.35. The first-order chi connectivity index (χ1) is 8.22. The summed E-state index contributed by atoms with van der Waals surface area (Å²) >= 11 is 6.25. The van der Waals surface area contributed by atoms with Crippen molar-refractivity contribution in [1.82, 2.24) is 0 Å². The lowest BCUT2D eigenvalue weighted by molar-refractivity contribution is 0.340. The predicted octanol–water partition coefficient (Wildman–Crippen LogP) is 4.71. The third-order valence-corrected chi connectivity index (χ3v) is 2.97. The van der Waals surface area contributed by atoms with Crippen molar-refractivity contribution in [3.8, 4) is 16.9 Å². The molecule has 0 amide bonds. The fraction of sp³-hybridized carbons (Fsp3) is 0.200. The Morgan fingerprint density at radius 2 is 1.88 bits per heavy atom. The van der Waals surface area contributed by atoms with Crippen molar-refractivity contribution in [3.63, 3.8) is 0 Å². The molecule has 0 aliphatic carbocycles. The fourth-order valence-corrected chi connectivity index (χ4v) is 2.24. The van der Waals surface area contributed by atoms with Crippen molar-refractivity contribution >= 4 is 11.6 Å². The van der Waals surface area contributed by atoms with E-state index in [1.165, 1.54) is 5.56 Å². The number of rotatable bonds is 3. The molecule has 0 aromatic heterocycles. The molecule has 0 fully saturated rings. The average Bonchev–Trinajstić information content (AvgIpc) is 2.30. The van der Waals surface area contributed by atoms with Gasteiger partial charge in [-0.1, -0.05) is 35.9 Å². The van der Waals surface area contributed by atoms with E-state index in [4.69, 9.17) is 16.3 Å². The zero-order valence-corrected chi connectivity index (χ0v) is 10.8. The third-order valence-electron chi connectivity index (χ3n) is 2.66. The lowest BCUT2D eigenvalue weighted by Crippen LogP contribution is -1.92. The Balaban J connectivity index is 2.49. The summed E-state index contributed by atoms with van der Waals surface area (Å²) in [6, 6.07) is 14.0. The van der Waals surface area contributed by atoms with Gasteiger partial charge in [0.1, 0.15) is 5.75 Å². The summed E-state index contributed by atoms with van der Waals surface area (Å²) in [4.78, 5) is 0. The van der Waals surface area contributed by atoms with Gasteiger partial charge in [-0.25, -0.2) is 0 Å². The Kier molecular flexibility index (Phi) is 3.70. The highest BCUT2D eigenvalue weighted by Gasteiger charge is 2.07. The Morgan fingerprint density at radius 1 is 1.12 bits per heavy atom. The zero-order chi connectivity index (χ0) is 12.3. The SMILES string of the molecule is CCOc1cccc(-c2c(C)cccc2Cl)c1. The van der Waals surface area contributed by atoms with E-state index in [-0.39, 0.29) is 0 Å². The van der Waals surface area contributed by atoms with Gasteiger partial charge in [0.2, 0.25) is 0 Å². The summed E-state index contributed by atoms with van der Waals surface area (Å²) in [5.74, 6) is 0.879. The maximum absolute atomic E-state index is 6.25. The first-order valence-corrected chi connectivity index (χ1v) is 6.08. The molecule has 0 aliphatic rings. The number of halogens is 1. The second kappa shape index (κ2) is 5.24. The molecular formula is C15H15ClO. The number of hydrogen-bond acceptors (Lipinski definition) is 1. The predicted molar refractivity (Wildman–Crippen MR) is 72.8 cm³/mol. The van der Waals surface area contributed by atoms with E-state index < -0.39 is 0 Å². The van der Waals surface area contributed by atoms with Crippen LogP contribution in [0.2, 0.25) is 5.02 Å². The van der Waals surface area contributed by atoms with Gasteiger partial charge in [-0.15, -0.1) is 0 Å². The van der Waals surface area contributed by atoms with E-state index in [1.54, 1.807) is 0 Å². The van der Waals surface area contributed by atoms with Crippen molar-refractivity contribution in [3.05, 3.63) is 53.1 Å². The Hall–Kier alpha value is -1.47. The molecule has 0 saturated heterocycles. The summed E-state index contributed by atoms with van der Waals surface area (Å²) < 4.78 is 5.50. The summed E-state index contributed by atoms with van der Waals surface area (Å²) in [7, 11) is 0. The van der Waals surface area contributed by atoms with Gasteiger partial charge in [0, 0.05) is 10.6 Å². The van der Waals surface area contributed by atoms with E-state index in [1.807, 2.05) is 37.3 Å². The van der Waals surface area contributed by atoms with Crippen LogP contribution in [-0.4, -0.2) is 6.61 Å². The summed E-state index contributed by atoms with van der Waals surface area (Å²) in [6.45, 7) is 4.72. The van der Waals surface area contributed by atoms with Crippen LogP contribution < -0.4 is 4.74 Å². The maximum Gasteiger partial charge on any atom is 0.119 e. The molecule has 2 rings (SSSR count). The summed E-state index contributed by atoms with van der Waals surface area (Å²) in [5, 5.41) is 0.777. The molecule has 0 unspecified atom stereocenters. The second-order valence-corrected chi connectivity index (χ2v) is 4.30. The molecule has 17 heavy (non-hydrogen) atoms. The maximum atomic E-state index is 6.25. The quantitative estimate of drug-likeness (QED) is 0.762. The molecule has 0 saturated carbocycles. The largest absolute Gasteiger partial charge is 0.494 e. The molecule has 0 bridgehead atoms. The average molecular weight is 247 g/mol. The molecule has 0 heterocycles. The van der Waals surface area contributed by atoms with Crippen LogP contribution in [0.3, 0.4) is 0 Å². The Morgan fingerprint density at radius 3 is 2.59 bits per heavy atom. The first kappa shape index (κ1) is 12.0. The lowest BCUT2D eigenvalue weighted by atomic mass is 10.0. The van der Waals surface area contributed by atoms with Gasteiger partial charge in [-0.3, -0.25) is 0 Å². The fourth-order valence-electron chi connectivity index (χ4n) is 1.91. The molecule has 2 aromatic carbocycles. The van der Waals surface area contributed by atoms with Crippen molar-refractivity contribution in [2.24, 2.45) is 0 Å². The van der Waals surface area contributed by atoms with Gasteiger partial charge >= 0.3 is 0 Å². The van der Waals surface area contributed by atoms with E-state index in [0.29, 0.717) is 6.61 Å². The van der Waals surface area contributed by atoms with Crippen molar-refractivity contribution in [2.75, 3.05) is 6.61 Å². The molecule has 2 aromatic rings. The van der Waals surface area contributed by atoms with Crippen LogP contribution >= 0.6 is 11.6 Å². The van der Waals surface area contributed by atoms with Crippen LogP contribution in [0.5, 0.6) is 5.75 Å². The van der Waals surface area contributed by atoms with Crippen molar-refractivity contribution < 1.29 is 4.74 Å². The summed E-state index contributed by atoms with van der Waals surface area (Å²) in [6.07, 6.45) is 0. The van der Waals surface area contributed by atoms with E-state index in [9.17, 15) is 0 Å².